The van der Waals surface area contributed by atoms with E-state index >= 15 is 0 Å². The number of aromatic nitrogens is 1. The molecule has 0 unspecified atom stereocenters. The van der Waals surface area contributed by atoms with Crippen molar-refractivity contribution in [2.75, 3.05) is 0 Å². The van der Waals surface area contributed by atoms with Crippen molar-refractivity contribution in [1.29, 1.82) is 0 Å². The highest BCUT2D eigenvalue weighted by molar-refractivity contribution is 6.30. The van der Waals surface area contributed by atoms with Crippen LogP contribution in [0.1, 0.15) is 41.4 Å². The molecule has 0 amide bonds. The number of hydrogen-bond acceptors (Lipinski definition) is 3. The van der Waals surface area contributed by atoms with Crippen molar-refractivity contribution in [3.63, 3.8) is 0 Å². The third-order valence-electron chi connectivity index (χ3n) is 5.44. The molecule has 0 bridgehead atoms. The first kappa shape index (κ1) is 22.4. The van der Waals surface area contributed by atoms with Gasteiger partial charge in [-0.1, -0.05) is 37.6 Å². The Morgan fingerprint density at radius 2 is 1.58 bits per heavy atom. The van der Waals surface area contributed by atoms with Crippen LogP contribution >= 0.6 is 11.6 Å². The maximum absolute atomic E-state index is 12.3. The van der Waals surface area contributed by atoms with Gasteiger partial charge in [0.2, 0.25) is 0 Å². The van der Waals surface area contributed by atoms with Crippen molar-refractivity contribution < 1.29 is 24.5 Å². The van der Waals surface area contributed by atoms with Crippen LogP contribution < -0.4 is 4.74 Å². The van der Waals surface area contributed by atoms with Crippen LogP contribution in [0.2, 0.25) is 5.02 Å². The highest BCUT2D eigenvalue weighted by Gasteiger charge is 2.25. The lowest BCUT2D eigenvalue weighted by Crippen LogP contribution is -2.11. The first-order valence-corrected chi connectivity index (χ1v) is 10.8. The number of carbonyl (C=O) groups is 2. The number of ether oxygens (including phenoxy) is 1. The summed E-state index contributed by atoms with van der Waals surface area (Å²) in [5.74, 6) is -0.997. The van der Waals surface area contributed by atoms with Gasteiger partial charge >= 0.3 is 11.9 Å². The molecule has 0 spiro atoms. The lowest BCUT2D eigenvalue weighted by Gasteiger charge is -2.13. The van der Waals surface area contributed by atoms with Crippen LogP contribution in [0.15, 0.2) is 66.7 Å². The minimum atomic E-state index is -1.20. The second kappa shape index (κ2) is 9.00. The molecular formula is C26H22ClNO5. The van der Waals surface area contributed by atoms with E-state index < -0.39 is 18.4 Å². The minimum Gasteiger partial charge on any atom is -0.481 e. The highest BCUT2D eigenvalue weighted by atomic mass is 35.5. The smallest absolute Gasteiger partial charge is 0.338 e. The molecule has 7 heteroatoms. The van der Waals surface area contributed by atoms with Crippen LogP contribution in [0, 0.1) is 0 Å². The largest absolute Gasteiger partial charge is 0.481 e. The summed E-state index contributed by atoms with van der Waals surface area (Å²) in [7, 11) is 0. The van der Waals surface area contributed by atoms with Gasteiger partial charge in [0.25, 0.3) is 0 Å². The number of hydrogen-bond donors (Lipinski definition) is 2. The third kappa shape index (κ3) is 4.56. The van der Waals surface area contributed by atoms with Gasteiger partial charge in [0.15, 0.2) is 0 Å². The maximum atomic E-state index is 12.3. The van der Waals surface area contributed by atoms with E-state index in [4.69, 9.17) is 16.3 Å². The van der Waals surface area contributed by atoms with Gasteiger partial charge < -0.3 is 19.5 Å². The zero-order valence-corrected chi connectivity index (χ0v) is 18.8. The van der Waals surface area contributed by atoms with E-state index in [1.54, 1.807) is 47.0 Å². The van der Waals surface area contributed by atoms with Gasteiger partial charge in [-0.25, -0.2) is 4.79 Å². The summed E-state index contributed by atoms with van der Waals surface area (Å²) in [5, 5.41) is 20.5. The Labute approximate surface area is 195 Å². The number of aromatic carboxylic acids is 1. The molecule has 0 aliphatic carbocycles. The predicted octanol–water partition coefficient (Wildman–Crippen LogP) is 6.52. The van der Waals surface area contributed by atoms with Gasteiger partial charge in [-0.15, -0.1) is 0 Å². The van der Waals surface area contributed by atoms with E-state index in [2.05, 4.69) is 13.8 Å². The lowest BCUT2D eigenvalue weighted by molar-refractivity contribution is -0.136. The molecule has 0 fully saturated rings. The van der Waals surface area contributed by atoms with E-state index in [0.29, 0.717) is 39.0 Å². The maximum Gasteiger partial charge on any atom is 0.338 e. The van der Waals surface area contributed by atoms with Crippen molar-refractivity contribution in [2.24, 2.45) is 0 Å². The van der Waals surface area contributed by atoms with E-state index in [0.717, 1.165) is 5.56 Å². The molecule has 4 rings (SSSR count). The normalized spacial score (nSPS) is 11.2. The summed E-state index contributed by atoms with van der Waals surface area (Å²) in [6.45, 7) is 4.17. The second-order valence-corrected chi connectivity index (χ2v) is 8.45. The van der Waals surface area contributed by atoms with Crippen LogP contribution in [0.25, 0.3) is 16.6 Å². The summed E-state index contributed by atoms with van der Waals surface area (Å²) in [6.07, 6.45) is -0.435. The Bertz CT molecular complexity index is 1340. The number of aliphatic carboxylic acids is 1. The average Bonchev–Trinajstić information content (AvgIpc) is 3.08. The number of carboxylic acid groups (broad SMARTS) is 2. The average molecular weight is 464 g/mol. The monoisotopic (exact) mass is 463 g/mol. The molecule has 6 nitrogen and oxygen atoms in total. The molecule has 0 radical (unpaired) electrons. The van der Waals surface area contributed by atoms with Gasteiger partial charge in [0.05, 0.1) is 17.5 Å². The fraction of sp³-hybridized carbons (Fsp3) is 0.154. The van der Waals surface area contributed by atoms with Crippen molar-refractivity contribution in [3.8, 4) is 17.2 Å². The van der Waals surface area contributed by atoms with Crippen LogP contribution in [-0.4, -0.2) is 26.7 Å². The molecule has 0 aliphatic rings. The molecule has 2 N–H and O–H groups in total. The summed E-state index contributed by atoms with van der Waals surface area (Å²) >= 11 is 5.92. The molecule has 168 valence electrons. The fourth-order valence-electron chi connectivity index (χ4n) is 3.88. The molecule has 1 heterocycles. The standard InChI is InChI=1S/C26H22ClNO5/c1-15(2)16-3-7-18(8-4-16)28-22-12-11-20(33-19-9-5-17(27)6-10-19)13-21(22)25(26(31)32)23(28)14-24(29)30/h3-13,15H,14H2,1-2H3,(H,29,30)(H,31,32). The zero-order valence-electron chi connectivity index (χ0n) is 18.1. The molecular weight excluding hydrogens is 442 g/mol. The summed E-state index contributed by atoms with van der Waals surface area (Å²) in [4.78, 5) is 23.9. The van der Waals surface area contributed by atoms with E-state index in [1.165, 1.54) is 0 Å². The third-order valence-corrected chi connectivity index (χ3v) is 5.69. The van der Waals surface area contributed by atoms with Crippen molar-refractivity contribution >= 4 is 34.4 Å². The van der Waals surface area contributed by atoms with E-state index in [-0.39, 0.29) is 11.3 Å². The number of rotatable bonds is 7. The van der Waals surface area contributed by atoms with E-state index in [9.17, 15) is 19.8 Å². The van der Waals surface area contributed by atoms with Crippen molar-refractivity contribution in [1.82, 2.24) is 4.57 Å². The Morgan fingerprint density at radius 3 is 2.15 bits per heavy atom. The predicted molar refractivity (Wildman–Crippen MR) is 127 cm³/mol. The molecule has 0 saturated carbocycles. The van der Waals surface area contributed by atoms with Gasteiger partial charge in [0, 0.05) is 21.8 Å². The first-order valence-electron chi connectivity index (χ1n) is 10.4. The van der Waals surface area contributed by atoms with Crippen LogP contribution in [0.4, 0.5) is 0 Å². The molecule has 1 aromatic heterocycles. The molecule has 0 atom stereocenters. The molecule has 0 aliphatic heterocycles. The van der Waals surface area contributed by atoms with Crippen molar-refractivity contribution in [2.45, 2.75) is 26.2 Å². The molecule has 3 aromatic carbocycles. The van der Waals surface area contributed by atoms with Crippen LogP contribution in [0.3, 0.4) is 0 Å². The number of halogens is 1. The van der Waals surface area contributed by atoms with Crippen LogP contribution in [0.5, 0.6) is 11.5 Å². The van der Waals surface area contributed by atoms with Crippen LogP contribution in [-0.2, 0) is 11.2 Å². The lowest BCUT2D eigenvalue weighted by atomic mass is 10.0. The highest BCUT2D eigenvalue weighted by Crippen LogP contribution is 2.35. The molecule has 4 aromatic rings. The second-order valence-electron chi connectivity index (χ2n) is 8.01. The van der Waals surface area contributed by atoms with Crippen molar-refractivity contribution in [3.05, 3.63) is 88.6 Å². The fourth-order valence-corrected chi connectivity index (χ4v) is 4.00. The number of nitrogens with zero attached hydrogens (tertiary/aromatic N) is 1. The first-order chi connectivity index (χ1) is 15.7. The zero-order chi connectivity index (χ0) is 23.7. The van der Waals surface area contributed by atoms with E-state index in [1.807, 2.05) is 24.3 Å². The summed E-state index contributed by atoms with van der Waals surface area (Å²) < 4.78 is 7.57. The van der Waals surface area contributed by atoms with Gasteiger partial charge in [0.1, 0.15) is 11.5 Å². The Hall–Kier alpha value is -3.77. The summed E-state index contributed by atoms with van der Waals surface area (Å²) in [5.41, 5.74) is 2.56. The Balaban J connectivity index is 1.90. The van der Waals surface area contributed by atoms with Gasteiger partial charge in [-0.2, -0.15) is 0 Å². The minimum absolute atomic E-state index is 0.0538. The number of carboxylic acids is 2. The SMILES string of the molecule is CC(C)c1ccc(-n2c(CC(=O)O)c(C(=O)O)c3cc(Oc4ccc(Cl)cc4)ccc32)cc1. The Kier molecular flexibility index (Phi) is 6.11. The molecule has 0 saturated heterocycles. The topological polar surface area (TPSA) is 88.8 Å². The number of benzene rings is 3. The number of fused-ring (bicyclic) bond motifs is 1. The summed E-state index contributed by atoms with van der Waals surface area (Å²) in [6, 6.07) is 19.6. The van der Waals surface area contributed by atoms with Gasteiger partial charge in [-0.3, -0.25) is 4.79 Å². The molecule has 33 heavy (non-hydrogen) atoms. The van der Waals surface area contributed by atoms with Gasteiger partial charge in [-0.05, 0) is 66.1 Å². The Morgan fingerprint density at radius 1 is 0.939 bits per heavy atom. The quantitative estimate of drug-likeness (QED) is 0.325.